The van der Waals surface area contributed by atoms with Crippen LogP contribution in [-0.2, 0) is 15.6 Å². The predicted octanol–water partition coefficient (Wildman–Crippen LogP) is 3.32. The molecule has 21 heavy (non-hydrogen) atoms. The highest BCUT2D eigenvalue weighted by molar-refractivity contribution is 7.86. The molecule has 1 unspecified atom stereocenters. The van der Waals surface area contributed by atoms with Crippen LogP contribution in [0, 0.1) is 0 Å². The lowest BCUT2D eigenvalue weighted by atomic mass is 10.3. The molecule has 0 aliphatic heterocycles. The second kappa shape index (κ2) is 6.93. The number of nitrogen functional groups attached to an aromatic ring is 1. The molecule has 0 radical (unpaired) electrons. The summed E-state index contributed by atoms with van der Waals surface area (Å²) in [5.41, 5.74) is 6.52. The summed E-state index contributed by atoms with van der Waals surface area (Å²) >= 11 is 11.9. The molecule has 0 heterocycles. The minimum atomic E-state index is -1.56. The Morgan fingerprint density at radius 2 is 1.86 bits per heavy atom. The van der Waals surface area contributed by atoms with Gasteiger partial charge >= 0.3 is 0 Å². The van der Waals surface area contributed by atoms with E-state index >= 15 is 0 Å². The molecule has 0 fully saturated rings. The van der Waals surface area contributed by atoms with Crippen molar-refractivity contribution in [2.24, 2.45) is 0 Å². The maximum Gasteiger partial charge on any atom is 0.237 e. The normalized spacial score (nSPS) is 11.9. The molecule has 0 spiro atoms. The summed E-state index contributed by atoms with van der Waals surface area (Å²) in [4.78, 5) is 12.3. The summed E-state index contributed by atoms with van der Waals surface area (Å²) in [6.07, 6.45) is 0. The average molecular weight is 343 g/mol. The topological polar surface area (TPSA) is 72.2 Å². The first-order valence-electron chi connectivity index (χ1n) is 5.95. The second-order valence-electron chi connectivity index (χ2n) is 4.21. The number of rotatable bonds is 4. The SMILES string of the molecule is Nc1ccc(S(=O)CC(=O)Nc2ccccc2Cl)c(Cl)c1. The lowest BCUT2D eigenvalue weighted by molar-refractivity contribution is -0.113. The van der Waals surface area contributed by atoms with Crippen molar-refractivity contribution in [2.45, 2.75) is 4.90 Å². The summed E-state index contributed by atoms with van der Waals surface area (Å²) < 4.78 is 12.2. The van der Waals surface area contributed by atoms with Gasteiger partial charge in [-0.3, -0.25) is 9.00 Å². The number of carbonyl (C=O) groups excluding carboxylic acids is 1. The van der Waals surface area contributed by atoms with Gasteiger partial charge in [-0.05, 0) is 30.3 Å². The fraction of sp³-hybridized carbons (Fsp3) is 0.0714. The zero-order valence-corrected chi connectivity index (χ0v) is 13.1. The van der Waals surface area contributed by atoms with Crippen molar-refractivity contribution in [1.29, 1.82) is 0 Å². The van der Waals surface area contributed by atoms with Crippen molar-refractivity contribution in [3.8, 4) is 0 Å². The first kappa shape index (κ1) is 15.8. The Labute approximate surface area is 134 Å². The van der Waals surface area contributed by atoms with Crippen LogP contribution in [0.3, 0.4) is 0 Å². The van der Waals surface area contributed by atoms with Gasteiger partial charge in [-0.1, -0.05) is 35.3 Å². The van der Waals surface area contributed by atoms with Crippen molar-refractivity contribution >= 4 is 51.3 Å². The summed E-state index contributed by atoms with van der Waals surface area (Å²) in [5.74, 6) is -0.621. The van der Waals surface area contributed by atoms with Crippen LogP contribution in [0.25, 0.3) is 0 Å². The van der Waals surface area contributed by atoms with Crippen LogP contribution in [0.15, 0.2) is 47.4 Å². The van der Waals surface area contributed by atoms with Gasteiger partial charge in [0, 0.05) is 5.69 Å². The highest BCUT2D eigenvalue weighted by atomic mass is 35.5. The number of benzene rings is 2. The van der Waals surface area contributed by atoms with Gasteiger partial charge in [0.25, 0.3) is 0 Å². The molecular formula is C14H12Cl2N2O2S. The van der Waals surface area contributed by atoms with E-state index in [4.69, 9.17) is 28.9 Å². The standard InChI is InChI=1S/C14H12Cl2N2O2S/c15-10-3-1-2-4-12(10)18-14(19)8-21(20)13-6-5-9(17)7-11(13)16/h1-7H,8,17H2,(H,18,19). The maximum absolute atomic E-state index is 12.2. The molecule has 2 aromatic rings. The molecule has 7 heteroatoms. The molecule has 0 aliphatic rings. The largest absolute Gasteiger partial charge is 0.399 e. The molecule has 0 saturated carbocycles. The van der Waals surface area contributed by atoms with E-state index in [-0.39, 0.29) is 10.8 Å². The number of nitrogens with one attached hydrogen (secondary N) is 1. The van der Waals surface area contributed by atoms with Gasteiger partial charge in [-0.15, -0.1) is 0 Å². The van der Waals surface area contributed by atoms with Gasteiger partial charge in [0.2, 0.25) is 5.91 Å². The average Bonchev–Trinajstić information content (AvgIpc) is 2.41. The van der Waals surface area contributed by atoms with E-state index in [0.717, 1.165) is 0 Å². The Kier molecular flexibility index (Phi) is 5.22. The minimum Gasteiger partial charge on any atom is -0.399 e. The molecule has 2 aromatic carbocycles. The fourth-order valence-corrected chi connectivity index (χ4v) is 3.24. The Morgan fingerprint density at radius 1 is 1.14 bits per heavy atom. The Morgan fingerprint density at radius 3 is 2.52 bits per heavy atom. The van der Waals surface area contributed by atoms with E-state index in [0.29, 0.717) is 21.3 Å². The van der Waals surface area contributed by atoms with Gasteiger partial charge in [0.05, 0.1) is 31.4 Å². The lowest BCUT2D eigenvalue weighted by Crippen LogP contribution is -2.19. The first-order chi connectivity index (χ1) is 9.97. The molecule has 0 aromatic heterocycles. The van der Waals surface area contributed by atoms with Crippen LogP contribution < -0.4 is 11.1 Å². The summed E-state index contributed by atoms with van der Waals surface area (Å²) in [6.45, 7) is 0. The van der Waals surface area contributed by atoms with Crippen molar-refractivity contribution in [2.75, 3.05) is 16.8 Å². The molecule has 4 nitrogen and oxygen atoms in total. The van der Waals surface area contributed by atoms with Gasteiger partial charge in [-0.2, -0.15) is 0 Å². The van der Waals surface area contributed by atoms with Crippen LogP contribution in [0.4, 0.5) is 11.4 Å². The molecule has 1 atom stereocenters. The van der Waals surface area contributed by atoms with Crippen molar-refractivity contribution < 1.29 is 9.00 Å². The zero-order valence-electron chi connectivity index (χ0n) is 10.8. The van der Waals surface area contributed by atoms with Crippen LogP contribution in [0.5, 0.6) is 0 Å². The Balaban J connectivity index is 2.06. The smallest absolute Gasteiger partial charge is 0.237 e. The zero-order chi connectivity index (χ0) is 15.4. The number of amides is 1. The molecule has 0 aliphatic carbocycles. The third-order valence-electron chi connectivity index (χ3n) is 2.61. The highest BCUT2D eigenvalue weighted by Gasteiger charge is 2.14. The van der Waals surface area contributed by atoms with Crippen molar-refractivity contribution in [3.63, 3.8) is 0 Å². The molecular weight excluding hydrogens is 331 g/mol. The van der Waals surface area contributed by atoms with E-state index < -0.39 is 16.7 Å². The maximum atomic E-state index is 12.2. The molecule has 2 rings (SSSR count). The lowest BCUT2D eigenvalue weighted by Gasteiger charge is -2.08. The van der Waals surface area contributed by atoms with Crippen molar-refractivity contribution in [3.05, 3.63) is 52.5 Å². The number of nitrogens with two attached hydrogens (primary N) is 1. The number of halogens is 2. The summed E-state index contributed by atoms with van der Waals surface area (Å²) in [6, 6.07) is 11.5. The number of carbonyl (C=O) groups is 1. The van der Waals surface area contributed by atoms with Crippen LogP contribution >= 0.6 is 23.2 Å². The van der Waals surface area contributed by atoms with Gasteiger partial charge < -0.3 is 11.1 Å². The molecule has 110 valence electrons. The van der Waals surface area contributed by atoms with E-state index in [1.54, 1.807) is 36.4 Å². The van der Waals surface area contributed by atoms with Gasteiger partial charge in [0.1, 0.15) is 5.75 Å². The second-order valence-corrected chi connectivity index (χ2v) is 6.44. The molecule has 0 saturated heterocycles. The van der Waals surface area contributed by atoms with Crippen LogP contribution in [0.1, 0.15) is 0 Å². The third-order valence-corrected chi connectivity index (χ3v) is 4.74. The van der Waals surface area contributed by atoms with E-state index in [1.165, 1.54) is 6.07 Å². The number of anilines is 2. The molecule has 3 N–H and O–H groups in total. The first-order valence-corrected chi connectivity index (χ1v) is 8.02. The van der Waals surface area contributed by atoms with Gasteiger partial charge in [0.15, 0.2) is 0 Å². The van der Waals surface area contributed by atoms with E-state index in [2.05, 4.69) is 5.32 Å². The Hall–Kier alpha value is -1.56. The minimum absolute atomic E-state index is 0.213. The van der Waals surface area contributed by atoms with Crippen LogP contribution in [0.2, 0.25) is 10.0 Å². The monoisotopic (exact) mass is 342 g/mol. The van der Waals surface area contributed by atoms with Crippen LogP contribution in [-0.4, -0.2) is 15.9 Å². The highest BCUT2D eigenvalue weighted by Crippen LogP contribution is 2.23. The Bertz CT molecular complexity index is 707. The number of para-hydroxylation sites is 1. The predicted molar refractivity (Wildman–Crippen MR) is 87.2 cm³/mol. The van der Waals surface area contributed by atoms with Gasteiger partial charge in [-0.25, -0.2) is 0 Å². The summed E-state index contributed by atoms with van der Waals surface area (Å²) in [7, 11) is -1.56. The van der Waals surface area contributed by atoms with E-state index in [9.17, 15) is 9.00 Å². The fourth-order valence-electron chi connectivity index (χ4n) is 1.65. The quantitative estimate of drug-likeness (QED) is 0.837. The van der Waals surface area contributed by atoms with Crippen molar-refractivity contribution in [1.82, 2.24) is 0 Å². The summed E-state index contributed by atoms with van der Waals surface area (Å²) in [5, 5.41) is 3.31. The number of hydrogen-bond acceptors (Lipinski definition) is 3. The third kappa shape index (κ3) is 4.20. The van der Waals surface area contributed by atoms with E-state index in [1.807, 2.05) is 0 Å². The number of hydrogen-bond donors (Lipinski definition) is 2. The molecule has 0 bridgehead atoms. The molecule has 1 amide bonds.